The van der Waals surface area contributed by atoms with Crippen LogP contribution in [0.2, 0.25) is 0 Å². The van der Waals surface area contributed by atoms with Crippen LogP contribution in [-0.2, 0) is 6.42 Å². The van der Waals surface area contributed by atoms with Crippen molar-refractivity contribution in [2.45, 2.75) is 12.8 Å². The SMILES string of the molecule is COc1[c]c2c(cc1)N(C)CCC2. The first-order valence-electron chi connectivity index (χ1n) is 4.61. The highest BCUT2D eigenvalue weighted by molar-refractivity contribution is 5.56. The maximum atomic E-state index is 5.14. The van der Waals surface area contributed by atoms with E-state index in [1.165, 1.54) is 17.7 Å². The van der Waals surface area contributed by atoms with Crippen LogP contribution >= 0.6 is 0 Å². The molecular weight excluding hydrogens is 162 g/mol. The molecule has 2 heteroatoms. The predicted molar refractivity (Wildman–Crippen MR) is 53.4 cm³/mol. The van der Waals surface area contributed by atoms with Crippen LogP contribution in [0.1, 0.15) is 12.0 Å². The van der Waals surface area contributed by atoms with Crippen molar-refractivity contribution in [1.29, 1.82) is 0 Å². The molecule has 0 fully saturated rings. The van der Waals surface area contributed by atoms with Crippen LogP contribution in [0.3, 0.4) is 0 Å². The number of benzene rings is 1. The number of methoxy groups -OCH3 is 1. The zero-order chi connectivity index (χ0) is 9.26. The Morgan fingerprint density at radius 2 is 2.31 bits per heavy atom. The number of fused-ring (bicyclic) bond motifs is 1. The lowest BCUT2D eigenvalue weighted by molar-refractivity contribution is 0.413. The Bertz CT molecular complexity index is 309. The molecule has 1 heterocycles. The Morgan fingerprint density at radius 3 is 3.08 bits per heavy atom. The molecule has 2 rings (SSSR count). The van der Waals surface area contributed by atoms with Gasteiger partial charge < -0.3 is 9.64 Å². The highest BCUT2D eigenvalue weighted by Crippen LogP contribution is 2.28. The van der Waals surface area contributed by atoms with E-state index in [1.54, 1.807) is 7.11 Å². The number of hydrogen-bond acceptors (Lipinski definition) is 2. The Morgan fingerprint density at radius 1 is 1.46 bits per heavy atom. The molecular formula is C11H14NO. The van der Waals surface area contributed by atoms with Gasteiger partial charge in [0.2, 0.25) is 0 Å². The topological polar surface area (TPSA) is 12.5 Å². The van der Waals surface area contributed by atoms with Crippen molar-refractivity contribution in [2.24, 2.45) is 0 Å². The molecule has 0 saturated heterocycles. The fourth-order valence-electron chi connectivity index (χ4n) is 1.79. The van der Waals surface area contributed by atoms with Crippen LogP contribution in [-0.4, -0.2) is 20.7 Å². The van der Waals surface area contributed by atoms with Crippen molar-refractivity contribution in [3.05, 3.63) is 23.8 Å². The molecule has 13 heavy (non-hydrogen) atoms. The zero-order valence-electron chi connectivity index (χ0n) is 8.13. The van der Waals surface area contributed by atoms with E-state index in [-0.39, 0.29) is 0 Å². The summed E-state index contributed by atoms with van der Waals surface area (Å²) >= 11 is 0. The molecule has 0 unspecified atom stereocenters. The van der Waals surface area contributed by atoms with Gasteiger partial charge in [-0.25, -0.2) is 0 Å². The predicted octanol–water partition coefficient (Wildman–Crippen LogP) is 1.88. The van der Waals surface area contributed by atoms with Crippen molar-refractivity contribution in [2.75, 3.05) is 25.6 Å². The van der Waals surface area contributed by atoms with Crippen molar-refractivity contribution < 1.29 is 4.74 Å². The van der Waals surface area contributed by atoms with Crippen LogP contribution in [0.15, 0.2) is 12.1 Å². The Balaban J connectivity index is 2.39. The molecule has 0 bridgehead atoms. The van der Waals surface area contributed by atoms with Gasteiger partial charge in [-0.3, -0.25) is 0 Å². The summed E-state index contributed by atoms with van der Waals surface area (Å²) in [5, 5.41) is 0. The molecule has 0 N–H and O–H groups in total. The van der Waals surface area contributed by atoms with Crippen molar-refractivity contribution in [3.63, 3.8) is 0 Å². The van der Waals surface area contributed by atoms with E-state index < -0.39 is 0 Å². The number of hydrogen-bond donors (Lipinski definition) is 0. The summed E-state index contributed by atoms with van der Waals surface area (Å²) in [5.74, 6) is 0.842. The maximum Gasteiger partial charge on any atom is 0.127 e. The molecule has 1 aromatic carbocycles. The summed E-state index contributed by atoms with van der Waals surface area (Å²) in [6, 6.07) is 7.37. The molecule has 69 valence electrons. The molecule has 0 aliphatic carbocycles. The Hall–Kier alpha value is -1.18. The largest absolute Gasteiger partial charge is 0.496 e. The second-order valence-electron chi connectivity index (χ2n) is 3.42. The van der Waals surface area contributed by atoms with Gasteiger partial charge in [0, 0.05) is 25.3 Å². The Kier molecular flexibility index (Phi) is 2.13. The van der Waals surface area contributed by atoms with Crippen molar-refractivity contribution >= 4 is 5.69 Å². The zero-order valence-corrected chi connectivity index (χ0v) is 8.13. The number of ether oxygens (including phenoxy) is 1. The average Bonchev–Trinajstić information content (AvgIpc) is 2.18. The minimum Gasteiger partial charge on any atom is -0.496 e. The second-order valence-corrected chi connectivity index (χ2v) is 3.42. The number of aryl methyl sites for hydroxylation is 1. The first-order chi connectivity index (χ1) is 6.31. The third-order valence-corrected chi connectivity index (χ3v) is 2.53. The lowest BCUT2D eigenvalue weighted by atomic mass is 10.0. The smallest absolute Gasteiger partial charge is 0.127 e. The number of rotatable bonds is 1. The highest BCUT2D eigenvalue weighted by Gasteiger charge is 2.13. The first kappa shape index (κ1) is 8.42. The molecule has 1 radical (unpaired) electrons. The maximum absolute atomic E-state index is 5.14. The molecule has 0 atom stereocenters. The van der Waals surface area contributed by atoms with E-state index in [9.17, 15) is 0 Å². The van der Waals surface area contributed by atoms with Crippen LogP contribution in [0.4, 0.5) is 5.69 Å². The minimum absolute atomic E-state index is 0.842. The summed E-state index contributed by atoms with van der Waals surface area (Å²) in [6.07, 6.45) is 2.34. The molecule has 0 amide bonds. The van der Waals surface area contributed by atoms with E-state index in [2.05, 4.69) is 24.1 Å². The van der Waals surface area contributed by atoms with Crippen molar-refractivity contribution in [1.82, 2.24) is 0 Å². The first-order valence-corrected chi connectivity index (χ1v) is 4.61. The third-order valence-electron chi connectivity index (χ3n) is 2.53. The van der Waals surface area contributed by atoms with E-state index in [0.29, 0.717) is 0 Å². The van der Waals surface area contributed by atoms with Crippen LogP contribution < -0.4 is 9.64 Å². The van der Waals surface area contributed by atoms with E-state index in [4.69, 9.17) is 4.74 Å². The van der Waals surface area contributed by atoms with Crippen molar-refractivity contribution in [3.8, 4) is 5.75 Å². The molecule has 2 nitrogen and oxygen atoms in total. The number of anilines is 1. The molecule has 1 aromatic rings. The second kappa shape index (κ2) is 3.29. The van der Waals surface area contributed by atoms with Crippen LogP contribution in [0.25, 0.3) is 0 Å². The van der Waals surface area contributed by atoms with Gasteiger partial charge in [0.25, 0.3) is 0 Å². The lowest BCUT2D eigenvalue weighted by Gasteiger charge is -2.27. The highest BCUT2D eigenvalue weighted by atomic mass is 16.5. The monoisotopic (exact) mass is 176 g/mol. The van der Waals surface area contributed by atoms with Crippen LogP contribution in [0.5, 0.6) is 5.75 Å². The van der Waals surface area contributed by atoms with Gasteiger partial charge in [0.15, 0.2) is 0 Å². The summed E-state index contributed by atoms with van der Waals surface area (Å²) in [5.41, 5.74) is 2.58. The van der Waals surface area contributed by atoms with Gasteiger partial charge in [0.05, 0.1) is 7.11 Å². The minimum atomic E-state index is 0.842. The Labute approximate surface area is 79.1 Å². The quantitative estimate of drug-likeness (QED) is 0.647. The van der Waals surface area contributed by atoms with Crippen LogP contribution in [0, 0.1) is 6.07 Å². The molecule has 1 aliphatic rings. The molecule has 0 spiro atoms. The van der Waals surface area contributed by atoms with Gasteiger partial charge >= 0.3 is 0 Å². The molecule has 0 saturated carbocycles. The van der Waals surface area contributed by atoms with Gasteiger partial charge in [-0.15, -0.1) is 0 Å². The fourth-order valence-corrected chi connectivity index (χ4v) is 1.79. The normalized spacial score (nSPS) is 15.4. The number of nitrogens with zero attached hydrogens (tertiary/aromatic N) is 1. The molecule has 0 aromatic heterocycles. The van der Waals surface area contributed by atoms with E-state index in [0.717, 1.165) is 18.7 Å². The molecule has 1 aliphatic heterocycles. The average molecular weight is 176 g/mol. The van der Waals surface area contributed by atoms with Gasteiger partial charge in [0.1, 0.15) is 5.75 Å². The summed E-state index contributed by atoms with van der Waals surface area (Å²) in [7, 11) is 3.81. The van der Waals surface area contributed by atoms with Gasteiger partial charge in [-0.2, -0.15) is 0 Å². The fraction of sp³-hybridized carbons (Fsp3) is 0.455. The summed E-state index contributed by atoms with van der Waals surface area (Å²) in [4.78, 5) is 2.27. The van der Waals surface area contributed by atoms with E-state index in [1.807, 2.05) is 6.07 Å². The van der Waals surface area contributed by atoms with E-state index >= 15 is 0 Å². The summed E-state index contributed by atoms with van der Waals surface area (Å²) < 4.78 is 5.14. The third kappa shape index (κ3) is 1.48. The standard InChI is InChI=1S/C11H14NO/c1-12-7-3-4-9-8-10(13-2)5-6-11(9)12/h5-6H,3-4,7H2,1-2H3. The summed E-state index contributed by atoms with van der Waals surface area (Å²) in [6.45, 7) is 1.15. The van der Waals surface area contributed by atoms with Gasteiger partial charge in [-0.05, 0) is 30.5 Å². The van der Waals surface area contributed by atoms with Gasteiger partial charge in [-0.1, -0.05) is 0 Å². The lowest BCUT2D eigenvalue weighted by Crippen LogP contribution is -2.24.